The molecule has 0 fully saturated rings. The molecule has 1 aromatic carbocycles. The number of nitrogens with two attached hydrogens (primary N) is 2. The van der Waals surface area contributed by atoms with Crippen LogP contribution in [0.25, 0.3) is 0 Å². The summed E-state index contributed by atoms with van der Waals surface area (Å²) in [6, 6.07) is 4.28. The van der Waals surface area contributed by atoms with Crippen molar-refractivity contribution in [3.63, 3.8) is 0 Å². The summed E-state index contributed by atoms with van der Waals surface area (Å²) in [5.74, 6) is 0. The van der Waals surface area contributed by atoms with Crippen LogP contribution in [0.3, 0.4) is 0 Å². The normalized spacial score (nSPS) is 12.9. The molecule has 0 amide bonds. The van der Waals surface area contributed by atoms with Crippen molar-refractivity contribution < 1.29 is 13.2 Å². The van der Waals surface area contributed by atoms with Gasteiger partial charge in [-0.25, -0.2) is 0 Å². The fourth-order valence-electron chi connectivity index (χ4n) is 1.13. The van der Waals surface area contributed by atoms with E-state index in [0.717, 1.165) is 0 Å². The van der Waals surface area contributed by atoms with Gasteiger partial charge in [0.05, 0.1) is 0 Å². The number of hydrogen-bond acceptors (Lipinski definition) is 2. The van der Waals surface area contributed by atoms with E-state index in [1.54, 1.807) is 6.07 Å². The SMILES string of the molecule is NC(N)(c1cc(Br)cc(CBr)c1)C(F)(F)F. The highest BCUT2D eigenvalue weighted by atomic mass is 79.9. The van der Waals surface area contributed by atoms with Gasteiger partial charge in [0.25, 0.3) is 0 Å². The lowest BCUT2D eigenvalue weighted by atomic mass is 9.99. The Kier molecular flexibility index (Phi) is 4.04. The molecule has 0 bridgehead atoms. The number of benzene rings is 1. The minimum absolute atomic E-state index is 0.177. The number of hydrogen-bond donors (Lipinski definition) is 2. The summed E-state index contributed by atoms with van der Waals surface area (Å²) in [6.07, 6.45) is -4.70. The van der Waals surface area contributed by atoms with Crippen LogP contribution in [0, 0.1) is 0 Å². The molecule has 0 aromatic heterocycles. The molecule has 2 nitrogen and oxygen atoms in total. The molecule has 7 heteroatoms. The Labute approximate surface area is 107 Å². The molecule has 0 spiro atoms. The van der Waals surface area contributed by atoms with Crippen LogP contribution in [-0.4, -0.2) is 6.18 Å². The van der Waals surface area contributed by atoms with Crippen LogP contribution in [0.15, 0.2) is 22.7 Å². The van der Waals surface area contributed by atoms with Crippen LogP contribution in [-0.2, 0) is 11.0 Å². The van der Waals surface area contributed by atoms with E-state index in [-0.39, 0.29) is 5.56 Å². The van der Waals surface area contributed by atoms with E-state index < -0.39 is 11.8 Å². The Morgan fingerprint density at radius 2 is 1.69 bits per heavy atom. The van der Waals surface area contributed by atoms with Gasteiger partial charge in [0.2, 0.25) is 0 Å². The molecule has 0 aliphatic heterocycles. The molecule has 0 radical (unpaired) electrons. The predicted molar refractivity (Wildman–Crippen MR) is 62.9 cm³/mol. The van der Waals surface area contributed by atoms with Crippen molar-refractivity contribution in [3.05, 3.63) is 33.8 Å². The smallest absolute Gasteiger partial charge is 0.302 e. The lowest BCUT2D eigenvalue weighted by Crippen LogP contribution is -2.57. The first-order valence-electron chi connectivity index (χ1n) is 4.19. The lowest BCUT2D eigenvalue weighted by molar-refractivity contribution is -0.188. The first-order valence-corrected chi connectivity index (χ1v) is 6.10. The standard InChI is InChI=1S/C9H9Br2F3N2/c10-4-5-1-6(3-7(11)2-5)8(15,16)9(12,13)14/h1-3H,4,15-16H2. The molecule has 0 saturated carbocycles. The Morgan fingerprint density at radius 1 is 1.12 bits per heavy atom. The van der Waals surface area contributed by atoms with Crippen LogP contribution in [0.4, 0.5) is 13.2 Å². The van der Waals surface area contributed by atoms with Gasteiger partial charge < -0.3 is 11.5 Å². The van der Waals surface area contributed by atoms with Gasteiger partial charge in [-0.2, -0.15) is 13.2 Å². The third-order valence-electron chi connectivity index (χ3n) is 2.06. The van der Waals surface area contributed by atoms with Crippen molar-refractivity contribution in [1.82, 2.24) is 0 Å². The second-order valence-electron chi connectivity index (χ2n) is 3.35. The van der Waals surface area contributed by atoms with E-state index in [4.69, 9.17) is 11.5 Å². The summed E-state index contributed by atoms with van der Waals surface area (Å²) in [5.41, 5.74) is 7.89. The average molecular weight is 362 g/mol. The van der Waals surface area contributed by atoms with Gasteiger partial charge in [-0.1, -0.05) is 37.9 Å². The van der Waals surface area contributed by atoms with Crippen molar-refractivity contribution in [2.75, 3.05) is 0 Å². The van der Waals surface area contributed by atoms with Crippen molar-refractivity contribution in [2.24, 2.45) is 11.5 Å². The molecule has 1 aromatic rings. The first kappa shape index (κ1) is 14.0. The van der Waals surface area contributed by atoms with E-state index in [0.29, 0.717) is 15.4 Å². The third-order valence-corrected chi connectivity index (χ3v) is 3.16. The Morgan fingerprint density at radius 3 is 2.12 bits per heavy atom. The minimum Gasteiger partial charge on any atom is -0.302 e. The second-order valence-corrected chi connectivity index (χ2v) is 4.82. The maximum Gasteiger partial charge on any atom is 0.423 e. The van der Waals surface area contributed by atoms with Crippen LogP contribution >= 0.6 is 31.9 Å². The highest BCUT2D eigenvalue weighted by molar-refractivity contribution is 9.10. The zero-order valence-electron chi connectivity index (χ0n) is 7.98. The molecule has 0 saturated heterocycles. The summed E-state index contributed by atoms with van der Waals surface area (Å²) in [5, 5.41) is 0.424. The van der Waals surface area contributed by atoms with E-state index in [9.17, 15) is 13.2 Å². The molecule has 0 aliphatic rings. The van der Waals surface area contributed by atoms with Crippen molar-refractivity contribution in [3.8, 4) is 0 Å². The van der Waals surface area contributed by atoms with E-state index in [1.807, 2.05) is 0 Å². The van der Waals surface area contributed by atoms with Crippen LogP contribution in [0.1, 0.15) is 11.1 Å². The minimum atomic E-state index is -4.70. The van der Waals surface area contributed by atoms with Crippen LogP contribution < -0.4 is 11.5 Å². The fourth-order valence-corrected chi connectivity index (χ4v) is 1.99. The topological polar surface area (TPSA) is 52.0 Å². The maximum atomic E-state index is 12.6. The summed E-state index contributed by atoms with van der Waals surface area (Å²) in [7, 11) is 0. The molecule has 16 heavy (non-hydrogen) atoms. The third kappa shape index (κ3) is 2.77. The van der Waals surface area contributed by atoms with Gasteiger partial charge in [0.1, 0.15) is 0 Å². The van der Waals surface area contributed by atoms with Crippen molar-refractivity contribution in [1.29, 1.82) is 0 Å². The molecule has 0 atom stereocenters. The molecule has 90 valence electrons. The quantitative estimate of drug-likeness (QED) is 0.628. The van der Waals surface area contributed by atoms with Gasteiger partial charge in [0.15, 0.2) is 5.66 Å². The molecule has 1 rings (SSSR count). The van der Waals surface area contributed by atoms with E-state index in [1.165, 1.54) is 12.1 Å². The molecular weight excluding hydrogens is 353 g/mol. The van der Waals surface area contributed by atoms with Gasteiger partial charge in [-0.05, 0) is 23.3 Å². The van der Waals surface area contributed by atoms with Crippen LogP contribution in [0.5, 0.6) is 0 Å². The highest BCUT2D eigenvalue weighted by Crippen LogP contribution is 2.34. The van der Waals surface area contributed by atoms with Crippen molar-refractivity contribution >= 4 is 31.9 Å². The van der Waals surface area contributed by atoms with E-state index >= 15 is 0 Å². The van der Waals surface area contributed by atoms with E-state index in [2.05, 4.69) is 31.9 Å². The number of alkyl halides is 4. The summed E-state index contributed by atoms with van der Waals surface area (Å²) >= 11 is 6.27. The lowest BCUT2D eigenvalue weighted by Gasteiger charge is -2.28. The Bertz CT molecular complexity index is 391. The van der Waals surface area contributed by atoms with Gasteiger partial charge in [0, 0.05) is 9.80 Å². The predicted octanol–water partition coefficient (Wildman–Crippen LogP) is 2.98. The summed E-state index contributed by atoms with van der Waals surface area (Å²) in [4.78, 5) is 0. The largest absolute Gasteiger partial charge is 0.423 e. The molecule has 0 unspecified atom stereocenters. The number of halogens is 5. The first-order chi connectivity index (χ1) is 7.18. The molecular formula is C9H9Br2F3N2. The molecule has 0 heterocycles. The Hall–Kier alpha value is -0.110. The summed E-state index contributed by atoms with van der Waals surface area (Å²) in [6.45, 7) is 0. The number of rotatable bonds is 2. The second kappa shape index (κ2) is 4.64. The average Bonchev–Trinajstić information content (AvgIpc) is 2.15. The van der Waals surface area contributed by atoms with Gasteiger partial charge in [-0.15, -0.1) is 0 Å². The van der Waals surface area contributed by atoms with Crippen LogP contribution in [0.2, 0.25) is 0 Å². The molecule has 0 aliphatic carbocycles. The Balaban J connectivity index is 3.27. The monoisotopic (exact) mass is 360 g/mol. The zero-order valence-corrected chi connectivity index (χ0v) is 11.2. The zero-order chi connectivity index (χ0) is 12.6. The maximum absolute atomic E-state index is 12.6. The summed E-state index contributed by atoms with van der Waals surface area (Å²) < 4.78 is 38.3. The van der Waals surface area contributed by atoms with Crippen molar-refractivity contribution in [2.45, 2.75) is 17.2 Å². The molecule has 4 N–H and O–H groups in total. The van der Waals surface area contributed by atoms with Gasteiger partial charge >= 0.3 is 6.18 Å². The van der Waals surface area contributed by atoms with Gasteiger partial charge in [-0.3, -0.25) is 0 Å². The highest BCUT2D eigenvalue weighted by Gasteiger charge is 2.50. The fraction of sp³-hybridized carbons (Fsp3) is 0.333.